The lowest BCUT2D eigenvalue weighted by Gasteiger charge is -2.27. The first-order chi connectivity index (χ1) is 12.1. The Labute approximate surface area is 174 Å². The number of hydrogen-bond acceptors (Lipinski definition) is 4. The van der Waals surface area contributed by atoms with Crippen molar-refractivity contribution in [1.82, 2.24) is 15.5 Å². The average molecular weight is 476 g/mol. The van der Waals surface area contributed by atoms with Gasteiger partial charge < -0.3 is 25.4 Å². The second-order valence-electron chi connectivity index (χ2n) is 7.06. The van der Waals surface area contributed by atoms with Gasteiger partial charge in [-0.1, -0.05) is 24.3 Å². The van der Waals surface area contributed by atoms with Crippen molar-refractivity contribution < 1.29 is 9.84 Å². The summed E-state index contributed by atoms with van der Waals surface area (Å²) < 4.78 is 5.54. The molecule has 1 aromatic carbocycles. The van der Waals surface area contributed by atoms with Crippen molar-refractivity contribution in [3.8, 4) is 0 Å². The lowest BCUT2D eigenvalue weighted by atomic mass is 9.84. The van der Waals surface area contributed by atoms with Crippen molar-refractivity contribution >= 4 is 29.9 Å². The normalized spacial score (nSPS) is 20.1. The van der Waals surface area contributed by atoms with Crippen LogP contribution in [-0.2, 0) is 17.8 Å². The maximum absolute atomic E-state index is 9.34. The van der Waals surface area contributed by atoms with Crippen LogP contribution in [0.1, 0.15) is 24.0 Å². The van der Waals surface area contributed by atoms with Gasteiger partial charge in [-0.05, 0) is 38.1 Å². The highest BCUT2D eigenvalue weighted by Gasteiger charge is 2.34. The van der Waals surface area contributed by atoms with Crippen molar-refractivity contribution in [2.24, 2.45) is 10.4 Å². The first kappa shape index (κ1) is 23.1. The van der Waals surface area contributed by atoms with Gasteiger partial charge in [0.2, 0.25) is 0 Å². The molecule has 1 atom stereocenters. The van der Waals surface area contributed by atoms with Gasteiger partial charge >= 0.3 is 0 Å². The molecule has 0 aliphatic carbocycles. The zero-order chi connectivity index (χ0) is 18.1. The molecule has 1 aromatic rings. The van der Waals surface area contributed by atoms with E-state index in [0.29, 0.717) is 6.61 Å². The largest absolute Gasteiger partial charge is 0.396 e. The van der Waals surface area contributed by atoms with Gasteiger partial charge in [0.25, 0.3) is 0 Å². The van der Waals surface area contributed by atoms with Crippen molar-refractivity contribution in [2.45, 2.75) is 25.9 Å². The second kappa shape index (κ2) is 11.7. The Morgan fingerprint density at radius 1 is 1.27 bits per heavy atom. The molecule has 1 unspecified atom stereocenters. The van der Waals surface area contributed by atoms with Crippen LogP contribution in [0.4, 0.5) is 0 Å². The van der Waals surface area contributed by atoms with E-state index in [4.69, 9.17) is 4.74 Å². The average Bonchev–Trinajstić information content (AvgIpc) is 3.05. The van der Waals surface area contributed by atoms with E-state index >= 15 is 0 Å². The van der Waals surface area contributed by atoms with E-state index in [1.165, 1.54) is 11.1 Å². The standard InChI is InChI=1S/C19H32N4O2.HI/c1-20-18(22-14-19(8-10-24)9-11-25-15-19)21-12-16-6-4-5-7-17(16)13-23(2)3;/h4-7,24H,8-15H2,1-3H3,(H2,20,21,22);1H. The molecule has 0 saturated carbocycles. The summed E-state index contributed by atoms with van der Waals surface area (Å²) in [4.78, 5) is 6.50. The molecule has 3 N–H and O–H groups in total. The molecule has 7 heteroatoms. The van der Waals surface area contributed by atoms with Crippen LogP contribution in [0.3, 0.4) is 0 Å². The van der Waals surface area contributed by atoms with Gasteiger partial charge in [0, 0.05) is 45.3 Å². The molecular formula is C19H33IN4O2. The van der Waals surface area contributed by atoms with Crippen LogP contribution in [0.2, 0.25) is 0 Å². The summed E-state index contributed by atoms with van der Waals surface area (Å²) >= 11 is 0. The van der Waals surface area contributed by atoms with Crippen LogP contribution in [0.15, 0.2) is 29.3 Å². The summed E-state index contributed by atoms with van der Waals surface area (Å²) in [6.07, 6.45) is 1.73. The van der Waals surface area contributed by atoms with Gasteiger partial charge in [-0.3, -0.25) is 4.99 Å². The molecule has 1 saturated heterocycles. The van der Waals surface area contributed by atoms with E-state index < -0.39 is 0 Å². The minimum atomic E-state index is 0. The van der Waals surface area contributed by atoms with E-state index in [1.807, 2.05) is 0 Å². The summed E-state index contributed by atoms with van der Waals surface area (Å²) in [7, 11) is 5.94. The quantitative estimate of drug-likeness (QED) is 0.304. The molecule has 0 radical (unpaired) electrons. The molecule has 1 heterocycles. The first-order valence-electron chi connectivity index (χ1n) is 8.93. The van der Waals surface area contributed by atoms with Crippen molar-refractivity contribution in [2.75, 3.05) is 47.5 Å². The Bertz CT molecular complexity index is 560. The maximum Gasteiger partial charge on any atom is 0.191 e. The summed E-state index contributed by atoms with van der Waals surface area (Å²) in [6, 6.07) is 8.46. The molecule has 1 fully saturated rings. The van der Waals surface area contributed by atoms with Gasteiger partial charge in [-0.25, -0.2) is 0 Å². The minimum Gasteiger partial charge on any atom is -0.396 e. The molecule has 0 amide bonds. The zero-order valence-corrected chi connectivity index (χ0v) is 18.5. The van der Waals surface area contributed by atoms with E-state index in [2.05, 4.69) is 58.9 Å². The molecule has 0 bridgehead atoms. The zero-order valence-electron chi connectivity index (χ0n) is 16.1. The van der Waals surface area contributed by atoms with Crippen molar-refractivity contribution in [3.05, 3.63) is 35.4 Å². The van der Waals surface area contributed by atoms with Crippen LogP contribution in [0, 0.1) is 5.41 Å². The van der Waals surface area contributed by atoms with Crippen LogP contribution in [0.25, 0.3) is 0 Å². The van der Waals surface area contributed by atoms with Crippen molar-refractivity contribution in [1.29, 1.82) is 0 Å². The van der Waals surface area contributed by atoms with Gasteiger partial charge in [-0.15, -0.1) is 24.0 Å². The number of benzene rings is 1. The van der Waals surface area contributed by atoms with E-state index in [-0.39, 0.29) is 36.0 Å². The highest BCUT2D eigenvalue weighted by molar-refractivity contribution is 14.0. The molecule has 1 aliphatic rings. The molecule has 0 aromatic heterocycles. The van der Waals surface area contributed by atoms with Gasteiger partial charge in [0.15, 0.2) is 5.96 Å². The summed E-state index contributed by atoms with van der Waals surface area (Å²) in [5.74, 6) is 0.781. The lowest BCUT2D eigenvalue weighted by molar-refractivity contribution is 0.127. The number of halogens is 1. The third-order valence-corrected chi connectivity index (χ3v) is 4.73. The number of aliphatic imine (C=N–C) groups is 1. The fourth-order valence-electron chi connectivity index (χ4n) is 3.21. The summed E-state index contributed by atoms with van der Waals surface area (Å²) in [6.45, 7) is 4.06. The van der Waals surface area contributed by atoms with Crippen LogP contribution in [0.5, 0.6) is 0 Å². The topological polar surface area (TPSA) is 69.1 Å². The maximum atomic E-state index is 9.34. The predicted molar refractivity (Wildman–Crippen MR) is 117 cm³/mol. The van der Waals surface area contributed by atoms with Crippen LogP contribution < -0.4 is 10.6 Å². The fraction of sp³-hybridized carbons (Fsp3) is 0.632. The summed E-state index contributed by atoms with van der Waals surface area (Å²) in [5, 5.41) is 16.1. The molecule has 6 nitrogen and oxygen atoms in total. The monoisotopic (exact) mass is 476 g/mol. The minimum absolute atomic E-state index is 0. The molecule has 26 heavy (non-hydrogen) atoms. The van der Waals surface area contributed by atoms with Crippen LogP contribution in [-0.4, -0.2) is 63.5 Å². The Hall–Kier alpha value is -0.900. The lowest BCUT2D eigenvalue weighted by Crippen LogP contribution is -2.44. The third kappa shape index (κ3) is 7.02. The number of aliphatic hydroxyl groups excluding tert-OH is 1. The molecule has 0 spiro atoms. The molecular weight excluding hydrogens is 443 g/mol. The fourth-order valence-corrected chi connectivity index (χ4v) is 3.21. The third-order valence-electron chi connectivity index (χ3n) is 4.73. The number of rotatable bonds is 8. The predicted octanol–water partition coefficient (Wildman–Crippen LogP) is 1.82. The molecule has 1 aliphatic heterocycles. The Morgan fingerprint density at radius 3 is 2.58 bits per heavy atom. The smallest absolute Gasteiger partial charge is 0.191 e. The van der Waals surface area contributed by atoms with Gasteiger partial charge in [0.1, 0.15) is 0 Å². The second-order valence-corrected chi connectivity index (χ2v) is 7.06. The SMILES string of the molecule is CN=C(NCc1ccccc1CN(C)C)NCC1(CCO)CCOC1.I. The molecule has 2 rings (SSSR count). The molecule has 148 valence electrons. The van der Waals surface area contributed by atoms with Crippen molar-refractivity contribution in [3.63, 3.8) is 0 Å². The summed E-state index contributed by atoms with van der Waals surface area (Å²) in [5.41, 5.74) is 2.60. The van der Waals surface area contributed by atoms with E-state index in [0.717, 1.165) is 45.0 Å². The highest BCUT2D eigenvalue weighted by Crippen LogP contribution is 2.31. The number of nitrogens with one attached hydrogen (secondary N) is 2. The number of aliphatic hydroxyl groups is 1. The number of nitrogens with zero attached hydrogens (tertiary/aromatic N) is 2. The Morgan fingerprint density at radius 2 is 2.00 bits per heavy atom. The number of guanidine groups is 1. The Balaban J connectivity index is 0.00000338. The first-order valence-corrected chi connectivity index (χ1v) is 8.93. The van der Waals surface area contributed by atoms with Gasteiger partial charge in [-0.2, -0.15) is 0 Å². The van der Waals surface area contributed by atoms with E-state index in [9.17, 15) is 5.11 Å². The van der Waals surface area contributed by atoms with Crippen LogP contribution >= 0.6 is 24.0 Å². The number of ether oxygens (including phenoxy) is 1. The Kier molecular flexibility index (Phi) is 10.4. The number of hydrogen-bond donors (Lipinski definition) is 3. The van der Waals surface area contributed by atoms with Gasteiger partial charge in [0.05, 0.1) is 6.61 Å². The highest BCUT2D eigenvalue weighted by atomic mass is 127. The van der Waals surface area contributed by atoms with E-state index in [1.54, 1.807) is 7.05 Å².